The lowest BCUT2D eigenvalue weighted by Crippen LogP contribution is -2.70. The molecule has 0 aliphatic carbocycles. The summed E-state index contributed by atoms with van der Waals surface area (Å²) in [6.45, 7) is 5.02. The van der Waals surface area contributed by atoms with E-state index in [0.717, 1.165) is 52.0 Å². The van der Waals surface area contributed by atoms with Crippen LogP contribution in [0.15, 0.2) is 12.1 Å². The van der Waals surface area contributed by atoms with E-state index in [9.17, 15) is 9.59 Å². The van der Waals surface area contributed by atoms with Crippen LogP contribution in [0.1, 0.15) is 42.5 Å². The van der Waals surface area contributed by atoms with Crippen molar-refractivity contribution in [3.63, 3.8) is 0 Å². The van der Waals surface area contributed by atoms with Gasteiger partial charge in [-0.25, -0.2) is 14.1 Å². The standard InChI is InChI=1S/C24H31ClN3O4.ClH/c1-28(20-13-26-6-4-16(20)5-7-26)19-12-17(25)11-18(23(19)31-14-22(28)29)24(30)32-21-10-15-2-8-27(21)9-3-15;/h11-12,15-16,20-21H,2-10,13-14H2,1H3;1H/q+1;. The molecule has 0 N–H and O–H groups in total. The fourth-order valence-electron chi connectivity index (χ4n) is 6.73. The Hall–Kier alpha value is -1.38. The summed E-state index contributed by atoms with van der Waals surface area (Å²) in [6, 6.07) is 3.60. The smallest absolute Gasteiger partial charge is 0.356 e. The summed E-state index contributed by atoms with van der Waals surface area (Å²) in [6.07, 6.45) is 5.29. The molecule has 1 aromatic carbocycles. The maximum Gasteiger partial charge on any atom is 0.356 e. The van der Waals surface area contributed by atoms with Gasteiger partial charge in [0.25, 0.3) is 0 Å². The average Bonchev–Trinajstić information content (AvgIpc) is 2.83. The van der Waals surface area contributed by atoms with Crippen LogP contribution in [0.25, 0.3) is 0 Å². The van der Waals surface area contributed by atoms with E-state index >= 15 is 0 Å². The van der Waals surface area contributed by atoms with Crippen LogP contribution in [-0.4, -0.2) is 80.3 Å². The lowest BCUT2D eigenvalue weighted by atomic mass is 9.81. The lowest BCUT2D eigenvalue weighted by molar-refractivity contribution is -0.139. The Kier molecular flexibility index (Phi) is 6.15. The van der Waals surface area contributed by atoms with Crippen LogP contribution in [0.3, 0.4) is 0 Å². The van der Waals surface area contributed by atoms with Gasteiger partial charge in [0, 0.05) is 36.5 Å². The van der Waals surface area contributed by atoms with Gasteiger partial charge in [-0.15, -0.1) is 12.4 Å². The Morgan fingerprint density at radius 1 is 1.15 bits per heavy atom. The molecule has 180 valence electrons. The van der Waals surface area contributed by atoms with E-state index in [1.54, 1.807) is 6.07 Å². The molecule has 3 atom stereocenters. The summed E-state index contributed by atoms with van der Waals surface area (Å²) in [5.41, 5.74) is 1.04. The fourth-order valence-corrected chi connectivity index (χ4v) is 6.95. The highest BCUT2D eigenvalue weighted by atomic mass is 35.5. The van der Waals surface area contributed by atoms with Gasteiger partial charge in [-0.05, 0) is 50.8 Å². The predicted octanol–water partition coefficient (Wildman–Crippen LogP) is 3.31. The number of hydrogen-bond donors (Lipinski definition) is 0. The molecule has 7 heterocycles. The first-order valence-electron chi connectivity index (χ1n) is 12.0. The molecule has 6 fully saturated rings. The Labute approximate surface area is 205 Å². The van der Waals surface area contributed by atoms with Crippen LogP contribution < -0.4 is 9.22 Å². The number of esters is 1. The number of nitrogens with zero attached hydrogens (tertiary/aromatic N) is 3. The lowest BCUT2D eigenvalue weighted by Gasteiger charge is -2.52. The average molecular weight is 497 g/mol. The number of benzene rings is 1. The molecule has 0 radical (unpaired) electrons. The zero-order chi connectivity index (χ0) is 22.0. The quantitative estimate of drug-likeness (QED) is 0.472. The molecule has 0 aromatic heterocycles. The summed E-state index contributed by atoms with van der Waals surface area (Å²) >= 11 is 6.52. The van der Waals surface area contributed by atoms with Gasteiger partial charge in [0.1, 0.15) is 11.6 Å². The second-order valence-electron chi connectivity index (χ2n) is 10.3. The number of carbonyl (C=O) groups excluding carboxylic acids is 2. The van der Waals surface area contributed by atoms with Crippen LogP contribution in [-0.2, 0) is 9.53 Å². The summed E-state index contributed by atoms with van der Waals surface area (Å²) in [4.78, 5) is 31.3. The van der Waals surface area contributed by atoms with E-state index in [2.05, 4.69) is 9.80 Å². The Morgan fingerprint density at radius 3 is 2.48 bits per heavy atom. The van der Waals surface area contributed by atoms with Crippen LogP contribution in [0.5, 0.6) is 5.75 Å². The number of quaternary nitrogens is 1. The predicted molar refractivity (Wildman–Crippen MR) is 128 cm³/mol. The number of halogens is 2. The summed E-state index contributed by atoms with van der Waals surface area (Å²) in [5.74, 6) is 1.20. The van der Waals surface area contributed by atoms with Gasteiger partial charge in [0.15, 0.2) is 17.7 Å². The van der Waals surface area contributed by atoms with Crippen molar-refractivity contribution < 1.29 is 19.1 Å². The van der Waals surface area contributed by atoms with Crippen molar-refractivity contribution >= 4 is 41.6 Å². The SMILES string of the molecule is C[N+]1(C2CN3CCC2CC3)C(=O)COc2c(C(=O)OC3CC4CCN3CC4)cc(Cl)cc21.Cl. The first kappa shape index (κ1) is 23.4. The third-order valence-corrected chi connectivity index (χ3v) is 8.95. The van der Waals surface area contributed by atoms with Crippen molar-refractivity contribution in [1.29, 1.82) is 0 Å². The monoisotopic (exact) mass is 496 g/mol. The van der Waals surface area contributed by atoms with Gasteiger partial charge in [-0.3, -0.25) is 9.80 Å². The van der Waals surface area contributed by atoms with Crippen LogP contribution >= 0.6 is 24.0 Å². The number of rotatable bonds is 3. The van der Waals surface area contributed by atoms with Crippen LogP contribution in [0.4, 0.5) is 5.69 Å². The van der Waals surface area contributed by atoms with Crippen molar-refractivity contribution in [3.05, 3.63) is 22.7 Å². The molecule has 3 unspecified atom stereocenters. The maximum atomic E-state index is 13.3. The molecule has 7 aliphatic rings. The van der Waals surface area contributed by atoms with Crippen LogP contribution in [0, 0.1) is 11.8 Å². The van der Waals surface area contributed by atoms with E-state index in [1.807, 2.05) is 13.1 Å². The number of hydrogen-bond acceptors (Lipinski definition) is 6. The van der Waals surface area contributed by atoms with Gasteiger partial charge >= 0.3 is 11.9 Å². The second kappa shape index (κ2) is 8.68. The molecular formula is C24H32Cl2N3O4+. The van der Waals surface area contributed by atoms with Crippen molar-refractivity contribution in [3.8, 4) is 5.75 Å². The number of carbonyl (C=O) groups is 2. The first-order valence-corrected chi connectivity index (χ1v) is 12.3. The highest BCUT2D eigenvalue weighted by Crippen LogP contribution is 2.47. The molecule has 7 nitrogen and oxygen atoms in total. The molecule has 4 bridgehead atoms. The molecule has 6 saturated heterocycles. The highest BCUT2D eigenvalue weighted by molar-refractivity contribution is 6.31. The topological polar surface area (TPSA) is 59.1 Å². The molecule has 0 saturated carbocycles. The zero-order valence-electron chi connectivity index (χ0n) is 19.0. The number of ether oxygens (including phenoxy) is 2. The third kappa shape index (κ3) is 3.76. The molecule has 1 aromatic rings. The van der Waals surface area contributed by atoms with Crippen molar-refractivity contribution in [1.82, 2.24) is 14.3 Å². The van der Waals surface area contributed by atoms with E-state index < -0.39 is 5.97 Å². The summed E-state index contributed by atoms with van der Waals surface area (Å²) < 4.78 is 12.0. The van der Waals surface area contributed by atoms with Crippen molar-refractivity contribution in [2.75, 3.05) is 46.4 Å². The molecule has 7 aliphatic heterocycles. The zero-order valence-corrected chi connectivity index (χ0v) is 20.6. The highest BCUT2D eigenvalue weighted by Gasteiger charge is 2.54. The minimum absolute atomic E-state index is 0. The Bertz CT molecular complexity index is 959. The van der Waals surface area contributed by atoms with Gasteiger partial charge < -0.3 is 9.47 Å². The van der Waals surface area contributed by atoms with Crippen molar-refractivity contribution in [2.24, 2.45) is 11.8 Å². The molecular weight excluding hydrogens is 465 g/mol. The van der Waals surface area contributed by atoms with E-state index in [-0.39, 0.29) is 41.7 Å². The van der Waals surface area contributed by atoms with Gasteiger partial charge in [-0.1, -0.05) is 11.6 Å². The van der Waals surface area contributed by atoms with Crippen LogP contribution in [0.2, 0.25) is 5.02 Å². The minimum atomic E-state index is -0.406. The van der Waals surface area contributed by atoms with Crippen molar-refractivity contribution in [2.45, 2.75) is 44.4 Å². The molecule has 1 amide bonds. The molecule has 8 rings (SSSR count). The van der Waals surface area contributed by atoms with E-state index in [1.165, 1.54) is 12.8 Å². The maximum absolute atomic E-state index is 13.3. The third-order valence-electron chi connectivity index (χ3n) is 8.73. The number of piperidine rings is 6. The largest absolute Gasteiger partial charge is 0.472 e. The fraction of sp³-hybridized carbons (Fsp3) is 0.667. The molecule has 9 heteroatoms. The number of amides is 1. The minimum Gasteiger partial charge on any atom is -0.472 e. The molecule has 0 spiro atoms. The van der Waals surface area contributed by atoms with E-state index in [4.69, 9.17) is 21.1 Å². The Morgan fingerprint density at radius 2 is 1.88 bits per heavy atom. The normalized spacial score (nSPS) is 38.8. The summed E-state index contributed by atoms with van der Waals surface area (Å²) in [7, 11) is 1.98. The Balaban J connectivity index is 0.00000228. The first-order chi connectivity index (χ1) is 15.4. The molecule has 33 heavy (non-hydrogen) atoms. The van der Waals surface area contributed by atoms with Gasteiger partial charge in [0.2, 0.25) is 6.61 Å². The number of likely N-dealkylation sites (N-methyl/N-ethyl adjacent to an activating group) is 1. The number of fused-ring (bicyclic) bond motifs is 7. The van der Waals surface area contributed by atoms with E-state index in [0.29, 0.717) is 33.9 Å². The van der Waals surface area contributed by atoms with Gasteiger partial charge in [0.05, 0.1) is 13.6 Å². The second-order valence-corrected chi connectivity index (χ2v) is 10.8. The summed E-state index contributed by atoms with van der Waals surface area (Å²) in [5, 5.41) is 0.435. The van der Waals surface area contributed by atoms with Gasteiger partial charge in [-0.2, -0.15) is 0 Å².